The van der Waals surface area contributed by atoms with E-state index in [4.69, 9.17) is 11.6 Å². The number of halogens is 1. The molecular formula is C8H10ClN3O3. The molecule has 0 spiro atoms. The van der Waals surface area contributed by atoms with Gasteiger partial charge in [0.05, 0.1) is 0 Å². The van der Waals surface area contributed by atoms with Crippen LogP contribution in [0, 0.1) is 10.1 Å². The third-order valence-electron chi connectivity index (χ3n) is 1.92. The lowest BCUT2D eigenvalue weighted by Crippen LogP contribution is -2.08. The van der Waals surface area contributed by atoms with Gasteiger partial charge in [0.15, 0.2) is 0 Å². The number of nitro groups is 1. The molecule has 0 saturated carbocycles. The Kier molecular flexibility index (Phi) is 3.41. The summed E-state index contributed by atoms with van der Waals surface area (Å²) in [6.07, 6.45) is 1.50. The van der Waals surface area contributed by atoms with Crippen molar-refractivity contribution < 1.29 is 9.72 Å². The molecule has 1 aromatic heterocycles. The summed E-state index contributed by atoms with van der Waals surface area (Å²) in [6.45, 7) is 3.20. The fourth-order valence-corrected chi connectivity index (χ4v) is 1.57. The summed E-state index contributed by atoms with van der Waals surface area (Å²) in [7, 11) is 0. The fourth-order valence-electron chi connectivity index (χ4n) is 1.27. The smallest absolute Gasteiger partial charge is 0.358 e. The Morgan fingerprint density at radius 3 is 2.80 bits per heavy atom. The van der Waals surface area contributed by atoms with Gasteiger partial charge in [-0.15, -0.1) is 0 Å². The van der Waals surface area contributed by atoms with Crippen molar-refractivity contribution in [1.82, 2.24) is 9.55 Å². The predicted molar refractivity (Wildman–Crippen MR) is 53.9 cm³/mol. The maximum Gasteiger partial charge on any atom is 0.383 e. The molecule has 0 bridgehead atoms. The standard InChI is InChI=1S/C8H10ClN3O3/c1-5(3-6(2)13)11-4-7(12(14)15)10-8(11)9/h4-5H,3H2,1-2H3/t5-/m1/s1. The van der Waals surface area contributed by atoms with E-state index < -0.39 is 4.92 Å². The van der Waals surface area contributed by atoms with E-state index in [-0.39, 0.29) is 29.3 Å². The zero-order chi connectivity index (χ0) is 11.6. The second-order valence-electron chi connectivity index (χ2n) is 3.29. The van der Waals surface area contributed by atoms with Crippen LogP contribution in [0.4, 0.5) is 5.82 Å². The summed E-state index contributed by atoms with van der Waals surface area (Å²) in [5.41, 5.74) is 0. The first-order chi connectivity index (χ1) is 6.91. The van der Waals surface area contributed by atoms with Gasteiger partial charge in [0, 0.05) is 12.5 Å². The van der Waals surface area contributed by atoms with Crippen LogP contribution in [0.2, 0.25) is 5.28 Å². The Labute approximate surface area is 91.0 Å². The molecule has 6 nitrogen and oxygen atoms in total. The predicted octanol–water partition coefficient (Wildman–Crippen LogP) is 1.98. The minimum atomic E-state index is -0.622. The lowest BCUT2D eigenvalue weighted by atomic mass is 10.2. The third kappa shape index (κ3) is 2.76. The zero-order valence-electron chi connectivity index (χ0n) is 8.31. The molecule has 0 amide bonds. The number of nitrogens with zero attached hydrogens (tertiary/aromatic N) is 3. The first kappa shape index (κ1) is 11.6. The second-order valence-corrected chi connectivity index (χ2v) is 3.63. The minimum Gasteiger partial charge on any atom is -0.358 e. The average Bonchev–Trinajstić information content (AvgIpc) is 2.46. The summed E-state index contributed by atoms with van der Waals surface area (Å²) in [5.74, 6) is -0.315. The maximum atomic E-state index is 10.9. The van der Waals surface area contributed by atoms with Crippen LogP contribution in [0.1, 0.15) is 26.3 Å². The first-order valence-corrected chi connectivity index (χ1v) is 4.67. The van der Waals surface area contributed by atoms with Crippen molar-refractivity contribution in [2.75, 3.05) is 0 Å². The van der Waals surface area contributed by atoms with E-state index in [2.05, 4.69) is 4.98 Å². The highest BCUT2D eigenvalue weighted by atomic mass is 35.5. The van der Waals surface area contributed by atoms with E-state index >= 15 is 0 Å². The molecule has 0 aliphatic carbocycles. The minimum absolute atomic E-state index is 0.00470. The number of aromatic nitrogens is 2. The molecule has 1 heterocycles. The van der Waals surface area contributed by atoms with Crippen molar-refractivity contribution in [2.45, 2.75) is 26.3 Å². The molecular weight excluding hydrogens is 222 g/mol. The highest BCUT2D eigenvalue weighted by molar-refractivity contribution is 6.28. The molecule has 0 radical (unpaired) electrons. The van der Waals surface area contributed by atoms with Gasteiger partial charge in [-0.25, -0.2) is 0 Å². The molecule has 0 aromatic carbocycles. The van der Waals surface area contributed by atoms with E-state index in [0.717, 1.165) is 0 Å². The molecule has 0 fully saturated rings. The normalized spacial score (nSPS) is 12.5. The van der Waals surface area contributed by atoms with Crippen LogP contribution in [-0.4, -0.2) is 20.3 Å². The topological polar surface area (TPSA) is 78.0 Å². The van der Waals surface area contributed by atoms with Gasteiger partial charge in [-0.1, -0.05) is 0 Å². The van der Waals surface area contributed by atoms with Gasteiger partial charge < -0.3 is 10.1 Å². The van der Waals surface area contributed by atoms with Gasteiger partial charge in [-0.3, -0.25) is 9.36 Å². The number of carbonyl (C=O) groups is 1. The van der Waals surface area contributed by atoms with E-state index in [9.17, 15) is 14.9 Å². The fraction of sp³-hybridized carbons (Fsp3) is 0.500. The summed E-state index contributed by atoms with van der Waals surface area (Å²) in [5, 5.41) is 10.4. The Hall–Kier alpha value is -1.43. The number of Topliss-reactive ketones (excluding diaryl/α,β-unsaturated/α-hetero) is 1. The van der Waals surface area contributed by atoms with Crippen molar-refractivity contribution in [3.63, 3.8) is 0 Å². The van der Waals surface area contributed by atoms with Gasteiger partial charge in [-0.05, 0) is 35.4 Å². The van der Waals surface area contributed by atoms with E-state index in [0.29, 0.717) is 0 Å². The van der Waals surface area contributed by atoms with Crippen LogP contribution in [0.5, 0.6) is 0 Å². The lowest BCUT2D eigenvalue weighted by molar-refractivity contribution is -0.389. The molecule has 0 N–H and O–H groups in total. The van der Waals surface area contributed by atoms with Crippen LogP contribution < -0.4 is 0 Å². The van der Waals surface area contributed by atoms with Crippen LogP contribution in [0.25, 0.3) is 0 Å². The van der Waals surface area contributed by atoms with Gasteiger partial charge >= 0.3 is 11.1 Å². The summed E-state index contributed by atoms with van der Waals surface area (Å²) < 4.78 is 1.42. The molecule has 1 atom stereocenters. The molecule has 0 aliphatic rings. The summed E-state index contributed by atoms with van der Waals surface area (Å²) >= 11 is 5.70. The number of hydrogen-bond acceptors (Lipinski definition) is 4. The summed E-state index contributed by atoms with van der Waals surface area (Å²) in [4.78, 5) is 24.2. The highest BCUT2D eigenvalue weighted by Gasteiger charge is 2.20. The molecule has 1 rings (SSSR count). The van der Waals surface area contributed by atoms with Crippen molar-refractivity contribution in [2.24, 2.45) is 0 Å². The molecule has 0 unspecified atom stereocenters. The maximum absolute atomic E-state index is 10.9. The number of ketones is 1. The Morgan fingerprint density at radius 1 is 1.80 bits per heavy atom. The van der Waals surface area contributed by atoms with Gasteiger partial charge in [0.25, 0.3) is 0 Å². The van der Waals surface area contributed by atoms with Gasteiger partial charge in [0.1, 0.15) is 12.0 Å². The second kappa shape index (κ2) is 4.39. The van der Waals surface area contributed by atoms with Crippen molar-refractivity contribution in [3.8, 4) is 0 Å². The highest BCUT2D eigenvalue weighted by Crippen LogP contribution is 2.22. The number of hydrogen-bond donors (Lipinski definition) is 0. The molecule has 15 heavy (non-hydrogen) atoms. The Balaban J connectivity index is 2.94. The van der Waals surface area contributed by atoms with Crippen molar-refractivity contribution >= 4 is 23.2 Å². The SMILES string of the molecule is CC(=O)C[C@@H](C)n1cc([N+](=O)[O-])nc1Cl. The zero-order valence-corrected chi connectivity index (χ0v) is 9.06. The van der Waals surface area contributed by atoms with Crippen LogP contribution in [-0.2, 0) is 4.79 Å². The largest absolute Gasteiger partial charge is 0.383 e. The van der Waals surface area contributed by atoms with Crippen LogP contribution in [0.3, 0.4) is 0 Å². The quantitative estimate of drug-likeness (QED) is 0.586. The molecule has 1 aromatic rings. The van der Waals surface area contributed by atoms with Crippen molar-refractivity contribution in [3.05, 3.63) is 21.6 Å². The molecule has 7 heteroatoms. The first-order valence-electron chi connectivity index (χ1n) is 4.30. The van der Waals surface area contributed by atoms with E-state index in [1.807, 2.05) is 0 Å². The van der Waals surface area contributed by atoms with Crippen molar-refractivity contribution in [1.29, 1.82) is 0 Å². The van der Waals surface area contributed by atoms with E-state index in [1.165, 1.54) is 17.7 Å². The Morgan fingerprint density at radius 2 is 2.40 bits per heavy atom. The van der Waals surface area contributed by atoms with Gasteiger partial charge in [0.2, 0.25) is 0 Å². The summed E-state index contributed by atoms with van der Waals surface area (Å²) in [6, 6.07) is -0.226. The van der Waals surface area contributed by atoms with Gasteiger partial charge in [-0.2, -0.15) is 0 Å². The monoisotopic (exact) mass is 231 g/mol. The third-order valence-corrected chi connectivity index (χ3v) is 2.20. The lowest BCUT2D eigenvalue weighted by Gasteiger charge is -2.09. The van der Waals surface area contributed by atoms with Crippen LogP contribution in [0.15, 0.2) is 6.20 Å². The molecule has 0 aliphatic heterocycles. The van der Waals surface area contributed by atoms with Crippen LogP contribution >= 0.6 is 11.6 Å². The Bertz CT molecular complexity index is 402. The molecule has 82 valence electrons. The number of carbonyl (C=O) groups excluding carboxylic acids is 1. The number of imidazole rings is 1. The van der Waals surface area contributed by atoms with E-state index in [1.54, 1.807) is 6.92 Å². The molecule has 0 saturated heterocycles. The average molecular weight is 232 g/mol. The number of rotatable bonds is 4.